The van der Waals surface area contributed by atoms with Crippen LogP contribution < -0.4 is 11.1 Å². The number of nitrogens with two attached hydrogens (primary N) is 1. The highest BCUT2D eigenvalue weighted by atomic mass is 32.1. The molecular formula is C19H20N4O2S. The van der Waals surface area contributed by atoms with Gasteiger partial charge in [0.25, 0.3) is 5.91 Å². The molecule has 0 radical (unpaired) electrons. The molecule has 0 aliphatic rings. The zero-order valence-electron chi connectivity index (χ0n) is 14.9. The Kier molecular flexibility index (Phi) is 4.90. The summed E-state index contributed by atoms with van der Waals surface area (Å²) in [7, 11) is 0. The molecular weight excluding hydrogens is 348 g/mol. The second-order valence-corrected chi connectivity index (χ2v) is 7.22. The Morgan fingerprint density at radius 3 is 2.50 bits per heavy atom. The van der Waals surface area contributed by atoms with E-state index in [4.69, 9.17) is 5.73 Å². The third-order valence-electron chi connectivity index (χ3n) is 4.17. The van der Waals surface area contributed by atoms with E-state index in [0.717, 1.165) is 34.0 Å². The van der Waals surface area contributed by atoms with E-state index in [1.807, 2.05) is 19.9 Å². The van der Waals surface area contributed by atoms with Crippen molar-refractivity contribution < 1.29 is 9.59 Å². The maximum atomic E-state index is 12.3. The highest BCUT2D eigenvalue weighted by Crippen LogP contribution is 2.23. The number of hydrogen-bond acceptors (Lipinski definition) is 4. The molecule has 26 heavy (non-hydrogen) atoms. The molecule has 0 aliphatic carbocycles. The molecule has 0 bridgehead atoms. The molecule has 1 aromatic carbocycles. The van der Waals surface area contributed by atoms with Crippen molar-refractivity contribution in [2.75, 3.05) is 5.32 Å². The highest BCUT2D eigenvalue weighted by Gasteiger charge is 2.15. The minimum absolute atomic E-state index is 0.181. The molecule has 134 valence electrons. The molecule has 7 heteroatoms. The normalized spacial score (nSPS) is 10.7. The number of aromatic nitrogens is 2. The maximum absolute atomic E-state index is 12.3. The topological polar surface area (TPSA) is 90.0 Å². The van der Waals surface area contributed by atoms with E-state index in [9.17, 15) is 9.59 Å². The maximum Gasteiger partial charge on any atom is 0.260 e. The van der Waals surface area contributed by atoms with Crippen LogP contribution in [0, 0.1) is 20.8 Å². The first-order valence-corrected chi connectivity index (χ1v) is 8.97. The second-order valence-electron chi connectivity index (χ2n) is 6.19. The molecule has 2 amide bonds. The van der Waals surface area contributed by atoms with Crippen LogP contribution >= 0.6 is 11.3 Å². The summed E-state index contributed by atoms with van der Waals surface area (Å²) in [6, 6.07) is 10.3. The van der Waals surface area contributed by atoms with E-state index < -0.39 is 5.91 Å². The summed E-state index contributed by atoms with van der Waals surface area (Å²) in [5.74, 6) is -0.732. The van der Waals surface area contributed by atoms with Gasteiger partial charge in [0.1, 0.15) is 4.88 Å². The molecule has 0 aliphatic heterocycles. The summed E-state index contributed by atoms with van der Waals surface area (Å²) in [6.45, 7) is 6.08. The molecule has 3 rings (SSSR count). The number of carbonyl (C=O) groups is 2. The number of amides is 2. The monoisotopic (exact) mass is 368 g/mol. The fourth-order valence-corrected chi connectivity index (χ4v) is 3.57. The first-order valence-electron chi connectivity index (χ1n) is 8.15. The van der Waals surface area contributed by atoms with Crippen molar-refractivity contribution in [2.24, 2.45) is 5.73 Å². The number of anilines is 1. The van der Waals surface area contributed by atoms with Crippen LogP contribution in [0.3, 0.4) is 0 Å². The predicted molar refractivity (Wildman–Crippen MR) is 103 cm³/mol. The number of benzene rings is 1. The van der Waals surface area contributed by atoms with Crippen molar-refractivity contribution in [2.45, 2.75) is 27.2 Å². The number of nitrogens with one attached hydrogen (secondary N) is 1. The van der Waals surface area contributed by atoms with Gasteiger partial charge in [0.15, 0.2) is 5.13 Å². The second kappa shape index (κ2) is 7.13. The van der Waals surface area contributed by atoms with Crippen molar-refractivity contribution >= 4 is 28.3 Å². The molecule has 0 fully saturated rings. The zero-order valence-corrected chi connectivity index (χ0v) is 15.7. The summed E-state index contributed by atoms with van der Waals surface area (Å²) in [5, 5.41) is 3.09. The van der Waals surface area contributed by atoms with Crippen LogP contribution in [0.2, 0.25) is 0 Å². The Balaban J connectivity index is 1.77. The number of hydrogen-bond donors (Lipinski definition) is 2. The van der Waals surface area contributed by atoms with Crippen LogP contribution in [0.5, 0.6) is 0 Å². The standard InChI is InChI=1S/C19H20N4O2S/c1-11-4-6-15(7-5-11)23-12(2)8-14(13(23)3)9-17(24)22-19-21-10-16(26-19)18(20)25/h4-8,10H,9H2,1-3H3,(H2,20,25)(H,21,22,24). The Morgan fingerprint density at radius 2 is 1.88 bits per heavy atom. The third kappa shape index (κ3) is 3.67. The van der Waals surface area contributed by atoms with Gasteiger partial charge in [-0.1, -0.05) is 29.0 Å². The highest BCUT2D eigenvalue weighted by molar-refractivity contribution is 7.17. The molecule has 2 aromatic heterocycles. The Bertz CT molecular complexity index is 970. The number of nitrogens with zero attached hydrogens (tertiary/aromatic N) is 2. The molecule has 2 heterocycles. The molecule has 0 atom stereocenters. The Morgan fingerprint density at radius 1 is 1.19 bits per heavy atom. The molecule has 0 spiro atoms. The number of thiazole rings is 1. The van der Waals surface area contributed by atoms with Gasteiger partial charge in [-0.25, -0.2) is 4.98 Å². The van der Waals surface area contributed by atoms with Crippen molar-refractivity contribution in [3.8, 4) is 5.69 Å². The number of primary amides is 1. The fraction of sp³-hybridized carbons (Fsp3) is 0.211. The van der Waals surface area contributed by atoms with Crippen LogP contribution in [0.15, 0.2) is 36.5 Å². The predicted octanol–water partition coefficient (Wildman–Crippen LogP) is 3.14. The lowest BCUT2D eigenvalue weighted by atomic mass is 10.1. The van der Waals surface area contributed by atoms with E-state index >= 15 is 0 Å². The van der Waals surface area contributed by atoms with E-state index in [1.165, 1.54) is 11.8 Å². The van der Waals surface area contributed by atoms with E-state index in [0.29, 0.717) is 10.0 Å². The summed E-state index contributed by atoms with van der Waals surface area (Å²) in [6.07, 6.45) is 1.60. The van der Waals surface area contributed by atoms with Crippen LogP contribution in [0.4, 0.5) is 5.13 Å². The number of carbonyl (C=O) groups excluding carboxylic acids is 2. The molecule has 3 aromatic rings. The minimum Gasteiger partial charge on any atom is -0.365 e. The van der Waals surface area contributed by atoms with Crippen molar-refractivity contribution in [1.29, 1.82) is 0 Å². The van der Waals surface area contributed by atoms with Crippen LogP contribution in [0.1, 0.15) is 32.2 Å². The molecule has 0 saturated carbocycles. The average molecular weight is 368 g/mol. The lowest BCUT2D eigenvalue weighted by Gasteiger charge is -2.10. The summed E-state index contributed by atoms with van der Waals surface area (Å²) < 4.78 is 2.14. The van der Waals surface area contributed by atoms with Crippen molar-refractivity contribution in [3.05, 3.63) is 63.9 Å². The van der Waals surface area contributed by atoms with Gasteiger partial charge >= 0.3 is 0 Å². The SMILES string of the molecule is Cc1ccc(-n2c(C)cc(CC(=O)Nc3ncc(C(N)=O)s3)c2C)cc1. The van der Waals surface area contributed by atoms with Crippen molar-refractivity contribution in [1.82, 2.24) is 9.55 Å². The van der Waals surface area contributed by atoms with E-state index in [2.05, 4.69) is 46.1 Å². The van der Waals surface area contributed by atoms with Gasteiger partial charge < -0.3 is 15.6 Å². The quantitative estimate of drug-likeness (QED) is 0.725. The van der Waals surface area contributed by atoms with Crippen molar-refractivity contribution in [3.63, 3.8) is 0 Å². The van der Waals surface area contributed by atoms with Gasteiger partial charge in [-0.15, -0.1) is 0 Å². The first-order chi connectivity index (χ1) is 12.3. The molecule has 0 unspecified atom stereocenters. The zero-order chi connectivity index (χ0) is 18.8. The first kappa shape index (κ1) is 17.9. The van der Waals surface area contributed by atoms with Crippen LogP contribution in [0.25, 0.3) is 5.69 Å². The molecule has 0 saturated heterocycles. The van der Waals surface area contributed by atoms with Crippen LogP contribution in [-0.4, -0.2) is 21.4 Å². The summed E-state index contributed by atoms with van der Waals surface area (Å²) >= 11 is 1.07. The van der Waals surface area contributed by atoms with Gasteiger partial charge in [-0.2, -0.15) is 0 Å². The minimum atomic E-state index is -0.551. The lowest BCUT2D eigenvalue weighted by molar-refractivity contribution is -0.115. The van der Waals surface area contributed by atoms with Crippen LogP contribution in [-0.2, 0) is 11.2 Å². The smallest absolute Gasteiger partial charge is 0.260 e. The average Bonchev–Trinajstić information content (AvgIpc) is 3.14. The van der Waals surface area contributed by atoms with E-state index in [1.54, 1.807) is 0 Å². The van der Waals surface area contributed by atoms with Gasteiger partial charge in [0.2, 0.25) is 5.91 Å². The largest absolute Gasteiger partial charge is 0.365 e. The number of aryl methyl sites for hydroxylation is 2. The fourth-order valence-electron chi connectivity index (χ4n) is 2.88. The van der Waals surface area contributed by atoms with Gasteiger partial charge in [-0.05, 0) is 44.5 Å². The van der Waals surface area contributed by atoms with Gasteiger partial charge in [-0.3, -0.25) is 9.59 Å². The molecule has 3 N–H and O–H groups in total. The third-order valence-corrected chi connectivity index (χ3v) is 5.10. The summed E-state index contributed by atoms with van der Waals surface area (Å²) in [4.78, 5) is 27.8. The van der Waals surface area contributed by atoms with E-state index in [-0.39, 0.29) is 12.3 Å². The van der Waals surface area contributed by atoms with Gasteiger partial charge in [0, 0.05) is 17.1 Å². The Hall–Kier alpha value is -2.93. The van der Waals surface area contributed by atoms with Gasteiger partial charge in [0.05, 0.1) is 12.6 Å². The Labute approximate surface area is 155 Å². The molecule has 6 nitrogen and oxygen atoms in total. The summed E-state index contributed by atoms with van der Waals surface area (Å²) in [5.41, 5.74) is 10.5. The number of rotatable bonds is 5. The lowest BCUT2D eigenvalue weighted by Crippen LogP contribution is -2.14.